The maximum Gasteiger partial charge on any atom is 0.0726 e. The zero-order valence-electron chi connectivity index (χ0n) is 27.5. The number of anilines is 2. The van der Waals surface area contributed by atoms with Gasteiger partial charge in [0, 0.05) is 16.9 Å². The maximum atomic E-state index is 4.00. The Bertz CT molecular complexity index is 2570. The summed E-state index contributed by atoms with van der Waals surface area (Å²) in [6, 6.07) is 59.1. The molecule has 0 aliphatic heterocycles. The first-order valence-electron chi connectivity index (χ1n) is 17.4. The molecule has 7 aromatic carbocycles. The van der Waals surface area contributed by atoms with Gasteiger partial charge in [0.2, 0.25) is 0 Å². The summed E-state index contributed by atoms with van der Waals surface area (Å²) in [5.41, 5.74) is 23.3. The molecule has 0 radical (unpaired) electrons. The molecular formula is C48H33N. The SMILES string of the molecule is CC1=C(C)C2(c3ccccc31)c1ccccc1-c1ccc(Nc3cccc4c3-c3ccccc3C43c4ccccc4-c4ccccc43)cc12. The Morgan fingerprint density at radius 2 is 0.816 bits per heavy atom. The summed E-state index contributed by atoms with van der Waals surface area (Å²) >= 11 is 0. The molecule has 0 bridgehead atoms. The van der Waals surface area contributed by atoms with Crippen LogP contribution in [0.25, 0.3) is 39.0 Å². The molecule has 1 unspecified atom stereocenters. The highest BCUT2D eigenvalue weighted by Crippen LogP contribution is 2.65. The molecule has 0 saturated carbocycles. The van der Waals surface area contributed by atoms with Gasteiger partial charge in [0.25, 0.3) is 0 Å². The molecule has 4 aliphatic rings. The Kier molecular flexibility index (Phi) is 5.17. The lowest BCUT2D eigenvalue weighted by Crippen LogP contribution is -2.26. The minimum Gasteiger partial charge on any atom is -0.355 e. The topological polar surface area (TPSA) is 12.0 Å². The van der Waals surface area contributed by atoms with E-state index in [0.717, 1.165) is 11.4 Å². The van der Waals surface area contributed by atoms with Gasteiger partial charge in [-0.05, 0) is 110 Å². The molecule has 1 nitrogen and oxygen atoms in total. The second-order valence-corrected chi connectivity index (χ2v) is 14.1. The third kappa shape index (κ3) is 3.08. The summed E-state index contributed by atoms with van der Waals surface area (Å²) in [7, 11) is 0. The quantitative estimate of drug-likeness (QED) is 0.202. The van der Waals surface area contributed by atoms with Crippen LogP contribution in [0.1, 0.15) is 58.4 Å². The molecule has 0 amide bonds. The standard InChI is InChI=1S/C48H33N/c1-29-30(2)47(38-19-8-3-14-32(29)38)39-20-9-4-17-35(39)36-27-26-31(28-44(36)47)49-45-25-13-24-43-46(45)37-18-7-12-23-42(37)48(43)40-21-10-5-15-33(40)34-16-6-11-22-41(34)48/h3-28,49H,1-2H3. The van der Waals surface area contributed by atoms with Gasteiger partial charge in [-0.2, -0.15) is 0 Å². The monoisotopic (exact) mass is 623 g/mol. The number of hydrogen-bond acceptors (Lipinski definition) is 1. The van der Waals surface area contributed by atoms with Crippen LogP contribution in [0.15, 0.2) is 163 Å². The fraction of sp³-hybridized carbons (Fsp3) is 0.0833. The predicted octanol–water partition coefficient (Wildman–Crippen LogP) is 11.9. The fourth-order valence-corrected chi connectivity index (χ4v) is 10.3. The summed E-state index contributed by atoms with van der Waals surface area (Å²) in [6.45, 7) is 4.64. The molecule has 11 rings (SSSR count). The highest BCUT2D eigenvalue weighted by Gasteiger charge is 2.53. The first kappa shape index (κ1) is 27.1. The maximum absolute atomic E-state index is 4.00. The Hall–Kier alpha value is -5.92. The number of rotatable bonds is 2. The van der Waals surface area contributed by atoms with Gasteiger partial charge in [0.1, 0.15) is 0 Å². The van der Waals surface area contributed by atoms with E-state index in [4.69, 9.17) is 0 Å². The second kappa shape index (κ2) is 9.36. The molecule has 230 valence electrons. The van der Waals surface area contributed by atoms with Crippen molar-refractivity contribution in [2.24, 2.45) is 0 Å². The number of hydrogen-bond donors (Lipinski definition) is 1. The van der Waals surface area contributed by atoms with Crippen molar-refractivity contribution in [3.05, 3.63) is 208 Å². The van der Waals surface area contributed by atoms with Crippen LogP contribution in [-0.4, -0.2) is 0 Å². The first-order chi connectivity index (χ1) is 24.1. The Labute approximate surface area is 287 Å². The molecule has 0 heterocycles. The predicted molar refractivity (Wildman–Crippen MR) is 202 cm³/mol. The van der Waals surface area contributed by atoms with E-state index in [2.05, 4.69) is 177 Å². The van der Waals surface area contributed by atoms with E-state index in [-0.39, 0.29) is 10.8 Å². The van der Waals surface area contributed by atoms with Gasteiger partial charge in [0.05, 0.1) is 10.8 Å². The van der Waals surface area contributed by atoms with Gasteiger partial charge in [-0.3, -0.25) is 0 Å². The first-order valence-corrected chi connectivity index (χ1v) is 17.4. The van der Waals surface area contributed by atoms with Crippen molar-refractivity contribution in [1.29, 1.82) is 0 Å². The van der Waals surface area contributed by atoms with E-state index >= 15 is 0 Å². The van der Waals surface area contributed by atoms with Crippen molar-refractivity contribution < 1.29 is 0 Å². The highest BCUT2D eigenvalue weighted by molar-refractivity contribution is 6.00. The van der Waals surface area contributed by atoms with E-state index in [9.17, 15) is 0 Å². The van der Waals surface area contributed by atoms with Gasteiger partial charge in [-0.1, -0.05) is 145 Å². The van der Waals surface area contributed by atoms with Crippen LogP contribution < -0.4 is 5.32 Å². The van der Waals surface area contributed by atoms with E-state index < -0.39 is 0 Å². The van der Waals surface area contributed by atoms with Crippen LogP contribution >= 0.6 is 0 Å². The molecule has 0 aromatic heterocycles. The van der Waals surface area contributed by atoms with E-state index in [0.29, 0.717) is 0 Å². The Morgan fingerprint density at radius 1 is 0.367 bits per heavy atom. The molecule has 2 spiro atoms. The molecule has 0 saturated heterocycles. The molecule has 1 atom stereocenters. The summed E-state index contributed by atoms with van der Waals surface area (Å²) in [6.07, 6.45) is 0. The molecule has 1 heteroatoms. The van der Waals surface area contributed by atoms with Gasteiger partial charge in [0.15, 0.2) is 0 Å². The van der Waals surface area contributed by atoms with Crippen molar-refractivity contribution in [2.75, 3.05) is 5.32 Å². The van der Waals surface area contributed by atoms with Crippen molar-refractivity contribution in [2.45, 2.75) is 24.7 Å². The fourth-order valence-electron chi connectivity index (χ4n) is 10.3. The van der Waals surface area contributed by atoms with Crippen LogP contribution in [0.3, 0.4) is 0 Å². The second-order valence-electron chi connectivity index (χ2n) is 14.1. The van der Waals surface area contributed by atoms with Gasteiger partial charge in [-0.15, -0.1) is 0 Å². The summed E-state index contributed by atoms with van der Waals surface area (Å²) < 4.78 is 0. The van der Waals surface area contributed by atoms with E-state index in [1.54, 1.807) is 0 Å². The van der Waals surface area contributed by atoms with Gasteiger partial charge >= 0.3 is 0 Å². The lowest BCUT2D eigenvalue weighted by Gasteiger charge is -2.31. The molecule has 7 aromatic rings. The van der Waals surface area contributed by atoms with Gasteiger partial charge in [-0.25, -0.2) is 0 Å². The zero-order chi connectivity index (χ0) is 32.5. The van der Waals surface area contributed by atoms with Gasteiger partial charge < -0.3 is 5.32 Å². The Balaban J connectivity index is 1.13. The van der Waals surface area contributed by atoms with Crippen molar-refractivity contribution >= 4 is 16.9 Å². The van der Waals surface area contributed by atoms with Crippen LogP contribution in [0, 0.1) is 0 Å². The molecular weight excluding hydrogens is 591 g/mol. The van der Waals surface area contributed by atoms with E-state index in [1.807, 2.05) is 0 Å². The number of benzene rings is 7. The summed E-state index contributed by atoms with van der Waals surface area (Å²) in [4.78, 5) is 0. The number of fused-ring (bicyclic) bond motifs is 17. The lowest BCUT2D eigenvalue weighted by molar-refractivity contribution is 0.766. The van der Waals surface area contributed by atoms with Crippen molar-refractivity contribution in [1.82, 2.24) is 0 Å². The molecule has 4 aliphatic carbocycles. The minimum absolute atomic E-state index is 0.295. The molecule has 0 fully saturated rings. The lowest BCUT2D eigenvalue weighted by atomic mass is 9.70. The van der Waals surface area contributed by atoms with Crippen LogP contribution in [-0.2, 0) is 10.8 Å². The number of allylic oxidation sites excluding steroid dienone is 2. The average molecular weight is 624 g/mol. The highest BCUT2D eigenvalue weighted by atomic mass is 14.9. The molecule has 1 N–H and O–H groups in total. The minimum atomic E-state index is -0.354. The number of nitrogens with one attached hydrogen (secondary N) is 1. The third-order valence-corrected chi connectivity index (χ3v) is 12.2. The average Bonchev–Trinajstić information content (AvgIpc) is 3.81. The zero-order valence-corrected chi connectivity index (χ0v) is 27.5. The molecule has 49 heavy (non-hydrogen) atoms. The Morgan fingerprint density at radius 3 is 1.43 bits per heavy atom. The van der Waals surface area contributed by atoms with Crippen LogP contribution in [0.4, 0.5) is 11.4 Å². The summed E-state index contributed by atoms with van der Waals surface area (Å²) in [5.74, 6) is 0. The summed E-state index contributed by atoms with van der Waals surface area (Å²) in [5, 5.41) is 4.00. The normalized spacial score (nSPS) is 17.8. The third-order valence-electron chi connectivity index (χ3n) is 12.2. The van der Waals surface area contributed by atoms with Crippen LogP contribution in [0.2, 0.25) is 0 Å². The van der Waals surface area contributed by atoms with Crippen molar-refractivity contribution in [3.8, 4) is 33.4 Å². The van der Waals surface area contributed by atoms with Crippen molar-refractivity contribution in [3.63, 3.8) is 0 Å². The smallest absolute Gasteiger partial charge is 0.0726 e. The largest absolute Gasteiger partial charge is 0.355 e. The van der Waals surface area contributed by atoms with Crippen LogP contribution in [0.5, 0.6) is 0 Å². The van der Waals surface area contributed by atoms with E-state index in [1.165, 1.54) is 89.0 Å².